The highest BCUT2D eigenvalue weighted by Crippen LogP contribution is 2.13. The molecule has 0 saturated carbocycles. The molecule has 0 bridgehead atoms. The van der Waals surface area contributed by atoms with E-state index in [1.807, 2.05) is 0 Å². The number of carbonyl (C=O) groups excluding carboxylic acids is 3. The predicted octanol–water partition coefficient (Wildman–Crippen LogP) is 14.9. The van der Waals surface area contributed by atoms with Gasteiger partial charge >= 0.3 is 17.9 Å². The second kappa shape index (κ2) is 44.8. The summed E-state index contributed by atoms with van der Waals surface area (Å²) in [6.07, 6.45) is 53.4. The first-order valence-electron chi connectivity index (χ1n) is 23.3. The maximum atomic E-state index is 12.7. The van der Waals surface area contributed by atoms with E-state index in [0.29, 0.717) is 19.3 Å². The van der Waals surface area contributed by atoms with Crippen molar-refractivity contribution < 1.29 is 28.6 Å². The Balaban J connectivity index is 4.45. The topological polar surface area (TPSA) is 78.9 Å². The molecule has 0 saturated heterocycles. The highest BCUT2D eigenvalue weighted by Gasteiger charge is 2.19. The van der Waals surface area contributed by atoms with E-state index >= 15 is 0 Å². The molecule has 0 N–H and O–H groups in total. The van der Waals surface area contributed by atoms with Crippen LogP contribution in [-0.4, -0.2) is 37.2 Å². The molecule has 56 heavy (non-hydrogen) atoms. The third kappa shape index (κ3) is 42.3. The van der Waals surface area contributed by atoms with Gasteiger partial charge in [0.15, 0.2) is 6.10 Å². The standard InChI is InChI=1S/C50H86O6/c1-4-7-10-13-16-19-22-24-25-27-28-31-34-37-40-43-49(52)55-46-47(45-54-48(51)42-39-36-33-30-21-18-15-12-9-6-3)56-50(53)44-41-38-35-32-29-26-23-20-17-14-11-8-5-2/h7,10,16,19-20,23-25,28,31,47H,4-6,8-9,11-15,17-18,21-22,26-27,29-30,32-46H2,1-3H3/b10-7-,19-16-,23-20-,25-24-,31-28-/t47-/m1/s1. The van der Waals surface area contributed by atoms with E-state index in [9.17, 15) is 14.4 Å². The van der Waals surface area contributed by atoms with Gasteiger partial charge in [-0.25, -0.2) is 0 Å². The van der Waals surface area contributed by atoms with Crippen LogP contribution >= 0.6 is 0 Å². The molecular weight excluding hydrogens is 697 g/mol. The number of carbonyl (C=O) groups is 3. The Hall–Kier alpha value is -2.89. The lowest BCUT2D eigenvalue weighted by atomic mass is 10.1. The van der Waals surface area contributed by atoms with Crippen molar-refractivity contribution in [2.24, 2.45) is 0 Å². The highest BCUT2D eigenvalue weighted by atomic mass is 16.6. The van der Waals surface area contributed by atoms with Crippen molar-refractivity contribution in [3.05, 3.63) is 60.8 Å². The van der Waals surface area contributed by atoms with E-state index in [4.69, 9.17) is 14.2 Å². The van der Waals surface area contributed by atoms with E-state index < -0.39 is 6.10 Å². The SMILES string of the molecule is CC/C=C\C/C=C\C/C=C\C/C=C\CCCCC(=O)OC[C@@H](COC(=O)CCCCCCCCCCCC)OC(=O)CCCCCCC/C=C\CCCCCC. The average Bonchev–Trinajstić information content (AvgIpc) is 3.19. The van der Waals surface area contributed by atoms with Gasteiger partial charge in [-0.05, 0) is 83.5 Å². The maximum absolute atomic E-state index is 12.7. The first-order valence-corrected chi connectivity index (χ1v) is 23.3. The van der Waals surface area contributed by atoms with Crippen molar-refractivity contribution in [1.29, 1.82) is 0 Å². The van der Waals surface area contributed by atoms with E-state index in [0.717, 1.165) is 96.3 Å². The Labute approximate surface area is 345 Å². The van der Waals surface area contributed by atoms with Gasteiger partial charge in [-0.1, -0.05) is 178 Å². The van der Waals surface area contributed by atoms with Crippen LogP contribution in [0.25, 0.3) is 0 Å². The van der Waals surface area contributed by atoms with Crippen molar-refractivity contribution in [3.63, 3.8) is 0 Å². The quantitative estimate of drug-likeness (QED) is 0.0266. The summed E-state index contributed by atoms with van der Waals surface area (Å²) < 4.78 is 16.7. The minimum atomic E-state index is -0.791. The average molecular weight is 783 g/mol. The Morgan fingerprint density at radius 2 is 0.696 bits per heavy atom. The second-order valence-corrected chi connectivity index (χ2v) is 15.3. The minimum absolute atomic E-state index is 0.0897. The fourth-order valence-electron chi connectivity index (χ4n) is 6.25. The number of rotatable bonds is 41. The maximum Gasteiger partial charge on any atom is 0.306 e. The fraction of sp³-hybridized carbons (Fsp3) is 0.740. The molecule has 1 atom stereocenters. The molecular formula is C50H86O6. The Morgan fingerprint density at radius 3 is 1.16 bits per heavy atom. The smallest absolute Gasteiger partial charge is 0.306 e. The van der Waals surface area contributed by atoms with Crippen LogP contribution < -0.4 is 0 Å². The second-order valence-electron chi connectivity index (χ2n) is 15.3. The van der Waals surface area contributed by atoms with Gasteiger partial charge in [0.2, 0.25) is 0 Å². The van der Waals surface area contributed by atoms with Crippen LogP contribution in [0.3, 0.4) is 0 Å². The Morgan fingerprint density at radius 1 is 0.375 bits per heavy atom. The van der Waals surface area contributed by atoms with E-state index in [1.165, 1.54) is 83.5 Å². The van der Waals surface area contributed by atoms with Crippen molar-refractivity contribution >= 4 is 17.9 Å². The normalized spacial score (nSPS) is 12.6. The molecule has 6 heteroatoms. The molecule has 0 rings (SSSR count). The van der Waals surface area contributed by atoms with Crippen molar-refractivity contribution in [1.82, 2.24) is 0 Å². The molecule has 0 radical (unpaired) electrons. The largest absolute Gasteiger partial charge is 0.462 e. The van der Waals surface area contributed by atoms with Crippen LogP contribution in [0.4, 0.5) is 0 Å². The van der Waals surface area contributed by atoms with Crippen molar-refractivity contribution in [3.8, 4) is 0 Å². The van der Waals surface area contributed by atoms with E-state index in [1.54, 1.807) is 0 Å². The van der Waals surface area contributed by atoms with Gasteiger partial charge in [0.1, 0.15) is 13.2 Å². The molecule has 0 aromatic rings. The molecule has 0 aliphatic heterocycles. The van der Waals surface area contributed by atoms with Gasteiger partial charge in [0, 0.05) is 19.3 Å². The summed E-state index contributed by atoms with van der Waals surface area (Å²) in [5, 5.41) is 0. The summed E-state index contributed by atoms with van der Waals surface area (Å²) in [7, 11) is 0. The van der Waals surface area contributed by atoms with Gasteiger partial charge < -0.3 is 14.2 Å². The summed E-state index contributed by atoms with van der Waals surface area (Å²) in [5.74, 6) is -0.945. The number of unbranched alkanes of at least 4 members (excludes halogenated alkanes) is 20. The van der Waals surface area contributed by atoms with Gasteiger partial charge in [0.25, 0.3) is 0 Å². The summed E-state index contributed by atoms with van der Waals surface area (Å²) >= 11 is 0. The third-order valence-electron chi connectivity index (χ3n) is 9.76. The van der Waals surface area contributed by atoms with Crippen molar-refractivity contribution in [2.75, 3.05) is 13.2 Å². The number of hydrogen-bond acceptors (Lipinski definition) is 6. The molecule has 0 heterocycles. The molecule has 0 aromatic heterocycles. The van der Waals surface area contributed by atoms with Crippen LogP contribution in [0.15, 0.2) is 60.8 Å². The van der Waals surface area contributed by atoms with Crippen LogP contribution in [0.5, 0.6) is 0 Å². The monoisotopic (exact) mass is 783 g/mol. The number of ether oxygens (including phenoxy) is 3. The summed E-state index contributed by atoms with van der Waals surface area (Å²) in [5.41, 5.74) is 0. The van der Waals surface area contributed by atoms with Crippen LogP contribution in [-0.2, 0) is 28.6 Å². The lowest BCUT2D eigenvalue weighted by Gasteiger charge is -2.18. The van der Waals surface area contributed by atoms with Crippen molar-refractivity contribution in [2.45, 2.75) is 226 Å². The zero-order valence-electron chi connectivity index (χ0n) is 36.6. The molecule has 0 aromatic carbocycles. The first kappa shape index (κ1) is 53.1. The predicted molar refractivity (Wildman–Crippen MR) is 238 cm³/mol. The van der Waals surface area contributed by atoms with Gasteiger partial charge in [-0.15, -0.1) is 0 Å². The zero-order valence-corrected chi connectivity index (χ0v) is 36.6. The minimum Gasteiger partial charge on any atom is -0.462 e. The third-order valence-corrected chi connectivity index (χ3v) is 9.76. The lowest BCUT2D eigenvalue weighted by molar-refractivity contribution is -0.167. The van der Waals surface area contributed by atoms with Gasteiger partial charge in [-0.2, -0.15) is 0 Å². The van der Waals surface area contributed by atoms with E-state index in [2.05, 4.69) is 81.5 Å². The molecule has 0 aliphatic rings. The number of hydrogen-bond donors (Lipinski definition) is 0. The van der Waals surface area contributed by atoms with E-state index in [-0.39, 0.29) is 31.1 Å². The van der Waals surface area contributed by atoms with Crippen LogP contribution in [0.1, 0.15) is 220 Å². The lowest BCUT2D eigenvalue weighted by Crippen LogP contribution is -2.30. The molecule has 6 nitrogen and oxygen atoms in total. The Bertz CT molecular complexity index is 1040. The summed E-state index contributed by atoms with van der Waals surface area (Å²) in [6, 6.07) is 0. The number of esters is 3. The Kier molecular flexibility index (Phi) is 42.5. The summed E-state index contributed by atoms with van der Waals surface area (Å²) in [4.78, 5) is 37.7. The van der Waals surface area contributed by atoms with Gasteiger partial charge in [0.05, 0.1) is 0 Å². The molecule has 0 spiro atoms. The van der Waals surface area contributed by atoms with Gasteiger partial charge in [-0.3, -0.25) is 14.4 Å². The first-order chi connectivity index (χ1) is 27.5. The number of allylic oxidation sites excluding steroid dienone is 10. The molecule has 0 amide bonds. The molecule has 0 unspecified atom stereocenters. The summed E-state index contributed by atoms with van der Waals surface area (Å²) in [6.45, 7) is 6.44. The highest BCUT2D eigenvalue weighted by molar-refractivity contribution is 5.71. The molecule has 0 aliphatic carbocycles. The molecule has 0 fully saturated rings. The van der Waals surface area contributed by atoms with Crippen LogP contribution in [0.2, 0.25) is 0 Å². The molecule has 322 valence electrons. The van der Waals surface area contributed by atoms with Crippen LogP contribution in [0, 0.1) is 0 Å². The zero-order chi connectivity index (χ0) is 40.8. The fourth-order valence-corrected chi connectivity index (χ4v) is 6.25.